The summed E-state index contributed by atoms with van der Waals surface area (Å²) in [5, 5.41) is 16.2. The van der Waals surface area contributed by atoms with Crippen LogP contribution in [-0.4, -0.2) is 23.5 Å². The van der Waals surface area contributed by atoms with Gasteiger partial charge in [-0.15, -0.1) is 11.8 Å². The van der Waals surface area contributed by atoms with Crippen molar-refractivity contribution < 1.29 is 5.11 Å². The lowest BCUT2D eigenvalue weighted by atomic mass is 10.1. The molecule has 0 radical (unpaired) electrons. The van der Waals surface area contributed by atoms with Crippen LogP contribution in [0.4, 0.5) is 17.1 Å². The van der Waals surface area contributed by atoms with Crippen LogP contribution >= 0.6 is 11.8 Å². The molecule has 0 aromatic heterocycles. The van der Waals surface area contributed by atoms with Crippen molar-refractivity contribution in [2.75, 3.05) is 23.0 Å². The number of para-hydroxylation sites is 1. The zero-order chi connectivity index (χ0) is 17.4. The van der Waals surface area contributed by atoms with Crippen molar-refractivity contribution in [2.24, 2.45) is 5.92 Å². The Labute approximate surface area is 149 Å². The summed E-state index contributed by atoms with van der Waals surface area (Å²) < 4.78 is 0. The number of thioether (sulfide) groups is 1. The molecule has 3 nitrogen and oxygen atoms in total. The lowest BCUT2D eigenvalue weighted by Crippen LogP contribution is -2.18. The van der Waals surface area contributed by atoms with Crippen LogP contribution in [-0.2, 0) is 0 Å². The Bertz CT molecular complexity index is 616. The van der Waals surface area contributed by atoms with Gasteiger partial charge in [-0.3, -0.25) is 0 Å². The number of rotatable bonds is 9. The highest BCUT2D eigenvalue weighted by molar-refractivity contribution is 7.99. The van der Waals surface area contributed by atoms with Crippen LogP contribution in [0.25, 0.3) is 0 Å². The van der Waals surface area contributed by atoms with Crippen LogP contribution in [0.3, 0.4) is 0 Å². The molecule has 24 heavy (non-hydrogen) atoms. The van der Waals surface area contributed by atoms with E-state index in [1.54, 1.807) is 11.8 Å². The summed E-state index contributed by atoms with van der Waals surface area (Å²) in [6, 6.07) is 17.0. The second-order valence-electron chi connectivity index (χ2n) is 6.45. The van der Waals surface area contributed by atoms with E-state index in [0.29, 0.717) is 17.7 Å². The molecule has 2 aromatic rings. The number of aliphatic hydroxyl groups excluding tert-OH is 1. The average Bonchev–Trinajstić information content (AvgIpc) is 2.55. The van der Waals surface area contributed by atoms with Crippen molar-refractivity contribution in [2.45, 2.75) is 38.1 Å². The molecule has 2 rings (SSSR count). The molecule has 0 saturated carbocycles. The Balaban J connectivity index is 2.14. The van der Waals surface area contributed by atoms with Crippen molar-refractivity contribution in [3.63, 3.8) is 0 Å². The summed E-state index contributed by atoms with van der Waals surface area (Å²) in [6.07, 6.45) is 1.13. The van der Waals surface area contributed by atoms with Gasteiger partial charge in [0.25, 0.3) is 0 Å². The first-order valence-corrected chi connectivity index (χ1v) is 9.53. The molecular weight excluding hydrogens is 316 g/mol. The quantitative estimate of drug-likeness (QED) is 0.536. The molecular formula is C20H28N2OS. The van der Waals surface area contributed by atoms with E-state index in [9.17, 15) is 0 Å². The highest BCUT2D eigenvalue weighted by atomic mass is 32.2. The first-order chi connectivity index (χ1) is 11.6. The molecule has 2 aromatic carbocycles. The Kier molecular flexibility index (Phi) is 7.47. The van der Waals surface area contributed by atoms with Gasteiger partial charge in [-0.1, -0.05) is 32.0 Å². The molecule has 0 bridgehead atoms. The smallest absolute Gasteiger partial charge is 0.0525 e. The van der Waals surface area contributed by atoms with Crippen molar-refractivity contribution >= 4 is 28.8 Å². The van der Waals surface area contributed by atoms with Crippen molar-refractivity contribution in [1.82, 2.24) is 0 Å². The Morgan fingerprint density at radius 1 is 1.00 bits per heavy atom. The predicted octanol–water partition coefficient (Wildman–Crippen LogP) is 5.36. The minimum atomic E-state index is 0.183. The third kappa shape index (κ3) is 6.10. The van der Waals surface area contributed by atoms with Gasteiger partial charge >= 0.3 is 0 Å². The summed E-state index contributed by atoms with van der Waals surface area (Å²) >= 11 is 1.68. The minimum absolute atomic E-state index is 0.183. The molecule has 0 aliphatic heterocycles. The SMILES string of the molecule is CC(C)CC(C)Nc1ccc(Nc2ccccc2)cc1SCCO. The van der Waals surface area contributed by atoms with Crippen LogP contribution in [0.15, 0.2) is 53.4 Å². The molecule has 130 valence electrons. The lowest BCUT2D eigenvalue weighted by molar-refractivity contribution is 0.322. The molecule has 0 aliphatic carbocycles. The Hall–Kier alpha value is -1.65. The van der Waals surface area contributed by atoms with E-state index in [0.717, 1.165) is 23.5 Å². The number of nitrogens with one attached hydrogen (secondary N) is 2. The Morgan fingerprint density at radius 2 is 1.75 bits per heavy atom. The van der Waals surface area contributed by atoms with Gasteiger partial charge in [0.15, 0.2) is 0 Å². The summed E-state index contributed by atoms with van der Waals surface area (Å²) in [6.45, 7) is 6.89. The summed E-state index contributed by atoms with van der Waals surface area (Å²) in [4.78, 5) is 1.17. The van der Waals surface area contributed by atoms with Crippen molar-refractivity contribution in [3.05, 3.63) is 48.5 Å². The maximum atomic E-state index is 9.17. The number of benzene rings is 2. The first kappa shape index (κ1) is 18.7. The van der Waals surface area contributed by atoms with Gasteiger partial charge in [0.1, 0.15) is 0 Å². The van der Waals surface area contributed by atoms with Crippen molar-refractivity contribution in [1.29, 1.82) is 0 Å². The standard InChI is InChI=1S/C20H28N2OS/c1-15(2)13-16(3)21-19-10-9-18(14-20(19)24-12-11-23)22-17-7-5-4-6-8-17/h4-10,14-16,21-23H,11-13H2,1-3H3. The molecule has 0 aliphatic rings. The second kappa shape index (κ2) is 9.60. The van der Waals surface area contributed by atoms with E-state index in [1.165, 1.54) is 4.90 Å². The summed E-state index contributed by atoms with van der Waals surface area (Å²) in [5.74, 6) is 1.36. The zero-order valence-corrected chi connectivity index (χ0v) is 15.6. The number of anilines is 3. The molecule has 1 atom stereocenters. The molecule has 0 fully saturated rings. The highest BCUT2D eigenvalue weighted by Gasteiger charge is 2.10. The van der Waals surface area contributed by atoms with Crippen molar-refractivity contribution in [3.8, 4) is 0 Å². The third-order valence-electron chi connectivity index (χ3n) is 3.62. The molecule has 0 heterocycles. The van der Waals surface area contributed by atoms with Gasteiger partial charge in [0, 0.05) is 33.8 Å². The fourth-order valence-corrected chi connectivity index (χ4v) is 3.52. The first-order valence-electron chi connectivity index (χ1n) is 8.54. The third-order valence-corrected chi connectivity index (χ3v) is 4.66. The van der Waals surface area contributed by atoms with Gasteiger partial charge in [0.05, 0.1) is 6.61 Å². The van der Waals surface area contributed by atoms with E-state index < -0.39 is 0 Å². The van der Waals surface area contributed by atoms with Gasteiger partial charge < -0.3 is 15.7 Å². The highest BCUT2D eigenvalue weighted by Crippen LogP contribution is 2.32. The molecule has 3 N–H and O–H groups in total. The largest absolute Gasteiger partial charge is 0.396 e. The molecule has 0 amide bonds. The summed E-state index contributed by atoms with van der Waals surface area (Å²) in [7, 11) is 0. The minimum Gasteiger partial charge on any atom is -0.396 e. The summed E-state index contributed by atoms with van der Waals surface area (Å²) in [5.41, 5.74) is 3.27. The second-order valence-corrected chi connectivity index (χ2v) is 7.59. The number of aliphatic hydroxyl groups is 1. The number of hydrogen-bond donors (Lipinski definition) is 3. The van der Waals surface area contributed by atoms with Crippen LogP contribution in [0.2, 0.25) is 0 Å². The average molecular weight is 345 g/mol. The molecule has 1 unspecified atom stereocenters. The van der Waals surface area contributed by atoms with Gasteiger partial charge in [-0.2, -0.15) is 0 Å². The van der Waals surface area contributed by atoms with Crippen LogP contribution in [0.5, 0.6) is 0 Å². The maximum absolute atomic E-state index is 9.17. The van der Waals surface area contributed by atoms with E-state index in [-0.39, 0.29) is 6.61 Å². The monoisotopic (exact) mass is 344 g/mol. The van der Waals surface area contributed by atoms with E-state index in [4.69, 9.17) is 5.11 Å². The molecule has 4 heteroatoms. The maximum Gasteiger partial charge on any atom is 0.0525 e. The zero-order valence-electron chi connectivity index (χ0n) is 14.8. The fraction of sp³-hybridized carbons (Fsp3) is 0.400. The lowest BCUT2D eigenvalue weighted by Gasteiger charge is -2.20. The van der Waals surface area contributed by atoms with Gasteiger partial charge in [-0.05, 0) is 49.6 Å². The van der Waals surface area contributed by atoms with Crippen LogP contribution in [0.1, 0.15) is 27.2 Å². The van der Waals surface area contributed by atoms with Crippen LogP contribution in [0, 0.1) is 5.92 Å². The van der Waals surface area contributed by atoms with E-state index in [2.05, 4.69) is 61.7 Å². The van der Waals surface area contributed by atoms with Crippen LogP contribution < -0.4 is 10.6 Å². The van der Waals surface area contributed by atoms with E-state index >= 15 is 0 Å². The normalized spacial score (nSPS) is 12.2. The topological polar surface area (TPSA) is 44.3 Å². The van der Waals surface area contributed by atoms with E-state index in [1.807, 2.05) is 18.2 Å². The molecule has 0 spiro atoms. The Morgan fingerprint density at radius 3 is 2.42 bits per heavy atom. The van der Waals surface area contributed by atoms with Gasteiger partial charge in [-0.25, -0.2) is 0 Å². The van der Waals surface area contributed by atoms with Gasteiger partial charge in [0.2, 0.25) is 0 Å². The predicted molar refractivity (Wildman–Crippen MR) is 107 cm³/mol. The molecule has 0 saturated heterocycles. The fourth-order valence-electron chi connectivity index (χ4n) is 2.71. The number of hydrogen-bond acceptors (Lipinski definition) is 4.